The van der Waals surface area contributed by atoms with E-state index in [0.717, 1.165) is 21.8 Å². The van der Waals surface area contributed by atoms with E-state index in [9.17, 15) is 4.79 Å². The van der Waals surface area contributed by atoms with E-state index in [1.165, 1.54) is 0 Å². The first-order valence-corrected chi connectivity index (χ1v) is 10.2. The van der Waals surface area contributed by atoms with Crippen LogP contribution in [0.15, 0.2) is 33.7 Å². The molecule has 0 bridgehead atoms. The topological polar surface area (TPSA) is 51.1 Å². The Balaban J connectivity index is 1.97. The van der Waals surface area contributed by atoms with Crippen LogP contribution in [0.2, 0.25) is 0 Å². The van der Waals surface area contributed by atoms with E-state index in [-0.39, 0.29) is 18.1 Å². The lowest BCUT2D eigenvalue weighted by atomic mass is 10.1. The summed E-state index contributed by atoms with van der Waals surface area (Å²) in [5, 5.41) is 0.783. The Hall–Kier alpha value is -1.05. The Morgan fingerprint density at radius 2 is 2.08 bits per heavy atom. The highest BCUT2D eigenvalue weighted by Gasteiger charge is 2.31. The quantitative estimate of drug-likeness (QED) is 0.587. The summed E-state index contributed by atoms with van der Waals surface area (Å²) in [7, 11) is 0. The van der Waals surface area contributed by atoms with Gasteiger partial charge in [0, 0.05) is 30.0 Å². The molecule has 2 rings (SSSR count). The molecule has 1 aromatic rings. The summed E-state index contributed by atoms with van der Waals surface area (Å²) >= 11 is 5.01. The molecule has 0 unspecified atom stereocenters. The molecule has 1 aromatic carbocycles. The van der Waals surface area contributed by atoms with Crippen molar-refractivity contribution in [2.75, 3.05) is 32.1 Å². The fourth-order valence-electron chi connectivity index (χ4n) is 2.25. The van der Waals surface area contributed by atoms with Gasteiger partial charge >= 0.3 is 0 Å². The molecule has 138 valence electrons. The van der Waals surface area contributed by atoms with Gasteiger partial charge < -0.3 is 9.47 Å². The molecule has 0 saturated heterocycles. The lowest BCUT2D eigenvalue weighted by molar-refractivity contribution is -0.129. The number of nitrogens with zero attached hydrogens (tertiary/aromatic N) is 2. The number of carbonyl (C=O) groups is 1. The predicted octanol–water partition coefficient (Wildman–Crippen LogP) is 3.96. The largest absolute Gasteiger partial charge is 0.484 e. The van der Waals surface area contributed by atoms with Crippen molar-refractivity contribution >= 4 is 38.8 Å². The number of hydrogen-bond donors (Lipinski definition) is 0. The number of amidine groups is 1. The smallest absolute Gasteiger partial charge is 0.266 e. The van der Waals surface area contributed by atoms with Crippen LogP contribution in [0.4, 0.5) is 0 Å². The summed E-state index contributed by atoms with van der Waals surface area (Å²) in [6.45, 7) is 8.02. The molecule has 1 aliphatic rings. The number of carbonyl (C=O) groups excluding carboxylic acids is 1. The monoisotopic (exact) mass is 428 g/mol. The summed E-state index contributed by atoms with van der Waals surface area (Å²) < 4.78 is 12.0. The zero-order chi connectivity index (χ0) is 18.3. The molecule has 1 amide bonds. The second kappa shape index (κ2) is 9.59. The highest BCUT2D eigenvalue weighted by molar-refractivity contribution is 9.10. The number of halogens is 1. The first-order valence-electron chi connectivity index (χ1n) is 8.40. The van der Waals surface area contributed by atoms with Gasteiger partial charge in [-0.3, -0.25) is 14.7 Å². The maximum Gasteiger partial charge on any atom is 0.266 e. The highest BCUT2D eigenvalue weighted by atomic mass is 79.9. The number of benzene rings is 1. The highest BCUT2D eigenvalue weighted by Crippen LogP contribution is 2.29. The minimum atomic E-state index is -0.134. The van der Waals surface area contributed by atoms with Gasteiger partial charge in [0.15, 0.2) is 11.8 Å². The molecular formula is C18H25BrN2O3S. The zero-order valence-electron chi connectivity index (χ0n) is 15.0. The predicted molar refractivity (Wildman–Crippen MR) is 106 cm³/mol. The zero-order valence-corrected chi connectivity index (χ0v) is 17.4. The van der Waals surface area contributed by atoms with Crippen LogP contribution in [0.1, 0.15) is 27.2 Å². The van der Waals surface area contributed by atoms with Gasteiger partial charge in [0.05, 0.1) is 5.54 Å². The molecule has 7 heteroatoms. The average Bonchev–Trinajstić information content (AvgIpc) is 2.94. The second-order valence-electron chi connectivity index (χ2n) is 6.33. The third-order valence-electron chi connectivity index (χ3n) is 3.54. The van der Waals surface area contributed by atoms with Crippen molar-refractivity contribution in [1.29, 1.82) is 0 Å². The van der Waals surface area contributed by atoms with Crippen LogP contribution in [0, 0.1) is 0 Å². The van der Waals surface area contributed by atoms with Crippen molar-refractivity contribution in [3.8, 4) is 5.75 Å². The van der Waals surface area contributed by atoms with Gasteiger partial charge in [0.2, 0.25) is 0 Å². The van der Waals surface area contributed by atoms with Crippen LogP contribution in [0.5, 0.6) is 5.75 Å². The van der Waals surface area contributed by atoms with Gasteiger partial charge in [-0.15, -0.1) is 0 Å². The number of hydrogen-bond acceptors (Lipinski definition) is 5. The van der Waals surface area contributed by atoms with E-state index in [0.29, 0.717) is 25.5 Å². The SMILES string of the molecule is CCOCCCN(C(=O)COc1ccc(Br)cc1)C1=NC(C)(C)CS1. The Bertz CT molecular complexity index is 605. The fourth-order valence-corrected chi connectivity index (χ4v) is 3.72. The maximum atomic E-state index is 12.7. The lowest BCUT2D eigenvalue weighted by Gasteiger charge is -2.22. The summed E-state index contributed by atoms with van der Waals surface area (Å²) in [6.07, 6.45) is 0.776. The third-order valence-corrected chi connectivity index (χ3v) is 5.48. The molecule has 0 N–H and O–H groups in total. The van der Waals surface area contributed by atoms with Gasteiger partial charge in [-0.25, -0.2) is 0 Å². The van der Waals surface area contributed by atoms with Gasteiger partial charge in [0.25, 0.3) is 5.91 Å². The van der Waals surface area contributed by atoms with E-state index in [1.807, 2.05) is 31.2 Å². The Kier molecular flexibility index (Phi) is 7.78. The second-order valence-corrected chi connectivity index (χ2v) is 8.19. The molecular weight excluding hydrogens is 404 g/mol. The molecule has 0 saturated carbocycles. The van der Waals surface area contributed by atoms with Gasteiger partial charge in [-0.1, -0.05) is 27.7 Å². The summed E-state index contributed by atoms with van der Waals surface area (Å²) in [5.41, 5.74) is -0.134. The molecule has 25 heavy (non-hydrogen) atoms. The number of rotatable bonds is 8. The molecule has 5 nitrogen and oxygen atoms in total. The van der Waals surface area contributed by atoms with Gasteiger partial charge in [-0.2, -0.15) is 0 Å². The summed E-state index contributed by atoms with van der Waals surface area (Å²) in [6, 6.07) is 7.45. The Labute approximate surface area is 162 Å². The third kappa shape index (κ3) is 6.64. The minimum Gasteiger partial charge on any atom is -0.484 e. The van der Waals surface area contributed by atoms with Crippen LogP contribution in [-0.2, 0) is 9.53 Å². The van der Waals surface area contributed by atoms with E-state index in [4.69, 9.17) is 9.47 Å². The average molecular weight is 429 g/mol. The molecule has 0 atom stereocenters. The van der Waals surface area contributed by atoms with E-state index < -0.39 is 0 Å². The molecule has 0 radical (unpaired) electrons. The first kappa shape index (κ1) is 20.3. The number of thioether (sulfide) groups is 1. The molecule has 0 aromatic heterocycles. The number of amides is 1. The lowest BCUT2D eigenvalue weighted by Crippen LogP contribution is -2.39. The van der Waals surface area contributed by atoms with Crippen LogP contribution < -0.4 is 4.74 Å². The number of ether oxygens (including phenoxy) is 2. The van der Waals surface area contributed by atoms with Crippen molar-refractivity contribution in [3.63, 3.8) is 0 Å². The van der Waals surface area contributed by atoms with Gasteiger partial charge in [-0.05, 0) is 51.5 Å². The number of aliphatic imine (C=N–C) groups is 1. The molecule has 0 aliphatic carbocycles. The molecule has 0 fully saturated rings. The normalized spacial score (nSPS) is 15.8. The summed E-state index contributed by atoms with van der Waals surface area (Å²) in [4.78, 5) is 19.1. The minimum absolute atomic E-state index is 0.00369. The van der Waals surface area contributed by atoms with Crippen molar-refractivity contribution in [3.05, 3.63) is 28.7 Å². The van der Waals surface area contributed by atoms with E-state index in [1.54, 1.807) is 16.7 Å². The Morgan fingerprint density at radius 3 is 2.68 bits per heavy atom. The molecule has 1 aliphatic heterocycles. The van der Waals surface area contributed by atoms with Crippen LogP contribution in [-0.4, -0.2) is 53.6 Å². The van der Waals surface area contributed by atoms with Gasteiger partial charge in [0.1, 0.15) is 5.75 Å². The van der Waals surface area contributed by atoms with Crippen LogP contribution >= 0.6 is 27.7 Å². The van der Waals surface area contributed by atoms with Crippen LogP contribution in [0.3, 0.4) is 0 Å². The van der Waals surface area contributed by atoms with E-state index in [2.05, 4.69) is 34.8 Å². The molecule has 0 spiro atoms. The van der Waals surface area contributed by atoms with E-state index >= 15 is 0 Å². The summed E-state index contributed by atoms with van der Waals surface area (Å²) in [5.74, 6) is 1.47. The van der Waals surface area contributed by atoms with Crippen molar-refractivity contribution in [1.82, 2.24) is 4.90 Å². The van der Waals surface area contributed by atoms with Crippen molar-refractivity contribution in [2.24, 2.45) is 4.99 Å². The maximum absolute atomic E-state index is 12.7. The standard InChI is InChI=1S/C18H25BrN2O3S/c1-4-23-11-5-10-21(17-20-18(2,3)13-25-17)16(22)12-24-15-8-6-14(19)7-9-15/h6-9H,4-5,10-13H2,1-3H3. The van der Waals surface area contributed by atoms with Crippen LogP contribution in [0.25, 0.3) is 0 Å². The van der Waals surface area contributed by atoms with Crippen molar-refractivity contribution < 1.29 is 14.3 Å². The fraction of sp³-hybridized carbons (Fsp3) is 0.556. The first-order chi connectivity index (χ1) is 11.9. The van der Waals surface area contributed by atoms with Crippen molar-refractivity contribution in [2.45, 2.75) is 32.7 Å². The molecule has 1 heterocycles. The Morgan fingerprint density at radius 1 is 1.36 bits per heavy atom.